The third-order valence-corrected chi connectivity index (χ3v) is 5.48. The molecule has 1 aromatic heterocycles. The van der Waals surface area contributed by atoms with E-state index in [0.29, 0.717) is 22.9 Å². The molecule has 1 atom stereocenters. The van der Waals surface area contributed by atoms with Crippen molar-refractivity contribution in [1.29, 1.82) is 5.26 Å². The second-order valence-corrected chi connectivity index (χ2v) is 7.50. The quantitative estimate of drug-likeness (QED) is 0.433. The van der Waals surface area contributed by atoms with Gasteiger partial charge in [-0.25, -0.2) is 0 Å². The largest absolute Gasteiger partial charge is 0.484 e. The fourth-order valence-electron chi connectivity index (χ4n) is 3.57. The number of aromatic amines is 1. The number of H-pyrrole nitrogens is 1. The lowest BCUT2D eigenvalue weighted by molar-refractivity contribution is -0.123. The highest BCUT2D eigenvalue weighted by molar-refractivity contribution is 6.31. The van der Waals surface area contributed by atoms with Gasteiger partial charge in [0.25, 0.3) is 5.91 Å². The van der Waals surface area contributed by atoms with Gasteiger partial charge in [-0.15, -0.1) is 0 Å². The number of fused-ring (bicyclic) bond motifs is 1. The lowest BCUT2D eigenvalue weighted by Crippen LogP contribution is -2.32. The van der Waals surface area contributed by atoms with E-state index in [1.165, 1.54) is 0 Å². The lowest BCUT2D eigenvalue weighted by Gasteiger charge is -2.19. The predicted octanol–water partition coefficient (Wildman–Crippen LogP) is 5.02. The van der Waals surface area contributed by atoms with Gasteiger partial charge in [-0.05, 0) is 47.5 Å². The molecule has 3 aromatic carbocycles. The van der Waals surface area contributed by atoms with Crippen LogP contribution in [-0.4, -0.2) is 24.0 Å². The molecule has 0 spiro atoms. The van der Waals surface area contributed by atoms with E-state index in [1.54, 1.807) is 24.3 Å². The summed E-state index contributed by atoms with van der Waals surface area (Å²) < 4.78 is 5.54. The molecule has 0 fully saturated rings. The Morgan fingerprint density at radius 1 is 1.03 bits per heavy atom. The third-order valence-electron chi connectivity index (χ3n) is 5.13. The van der Waals surface area contributed by atoms with Crippen LogP contribution in [0.2, 0.25) is 5.02 Å². The number of hydrogen-bond donors (Lipinski definition) is 2. The molecule has 0 aliphatic rings. The van der Waals surface area contributed by atoms with Crippen LogP contribution in [0.1, 0.15) is 22.6 Å². The molecule has 0 saturated heterocycles. The molecule has 2 N–H and O–H groups in total. The summed E-state index contributed by atoms with van der Waals surface area (Å²) in [4.78, 5) is 15.8. The Morgan fingerprint density at radius 2 is 1.77 bits per heavy atom. The highest BCUT2D eigenvalue weighted by Gasteiger charge is 2.21. The molecule has 0 bridgehead atoms. The van der Waals surface area contributed by atoms with Gasteiger partial charge in [-0.3, -0.25) is 4.79 Å². The van der Waals surface area contributed by atoms with E-state index < -0.39 is 0 Å². The molecule has 1 unspecified atom stereocenters. The number of rotatable bonds is 7. The number of carbonyl (C=O) groups excluding carboxylic acids is 1. The second kappa shape index (κ2) is 9.38. The fourth-order valence-corrected chi connectivity index (χ4v) is 3.84. The van der Waals surface area contributed by atoms with Crippen molar-refractivity contribution in [1.82, 2.24) is 10.3 Å². The normalized spacial score (nSPS) is 11.6. The summed E-state index contributed by atoms with van der Waals surface area (Å²) >= 11 is 6.50. The van der Waals surface area contributed by atoms with Crippen molar-refractivity contribution in [2.45, 2.75) is 5.92 Å². The number of halogens is 1. The van der Waals surface area contributed by atoms with E-state index >= 15 is 0 Å². The molecule has 0 aliphatic carbocycles. The maximum atomic E-state index is 12.5. The van der Waals surface area contributed by atoms with Crippen LogP contribution in [0.25, 0.3) is 10.9 Å². The number of para-hydroxylation sites is 1. The van der Waals surface area contributed by atoms with E-state index in [4.69, 9.17) is 21.6 Å². The summed E-state index contributed by atoms with van der Waals surface area (Å²) in [6.45, 7) is 0.260. The van der Waals surface area contributed by atoms with Gasteiger partial charge in [0, 0.05) is 34.6 Å². The van der Waals surface area contributed by atoms with Crippen LogP contribution in [-0.2, 0) is 4.79 Å². The van der Waals surface area contributed by atoms with Crippen LogP contribution in [0, 0.1) is 11.3 Å². The fraction of sp³-hybridized carbons (Fsp3) is 0.120. The van der Waals surface area contributed by atoms with Gasteiger partial charge in [0.15, 0.2) is 6.61 Å². The van der Waals surface area contributed by atoms with Crippen molar-refractivity contribution in [2.75, 3.05) is 13.2 Å². The number of amides is 1. The first-order valence-electron chi connectivity index (χ1n) is 9.86. The number of nitriles is 1. The highest BCUT2D eigenvalue weighted by Crippen LogP contribution is 2.34. The number of nitrogens with zero attached hydrogens (tertiary/aromatic N) is 1. The first-order chi connectivity index (χ1) is 15.2. The third kappa shape index (κ3) is 4.71. The molecule has 154 valence electrons. The zero-order chi connectivity index (χ0) is 21.6. The van der Waals surface area contributed by atoms with Crippen LogP contribution >= 0.6 is 11.6 Å². The average Bonchev–Trinajstić information content (AvgIpc) is 3.23. The Labute approximate surface area is 185 Å². The molecule has 6 heteroatoms. The van der Waals surface area contributed by atoms with Crippen LogP contribution in [0.4, 0.5) is 0 Å². The van der Waals surface area contributed by atoms with Gasteiger partial charge < -0.3 is 15.0 Å². The first kappa shape index (κ1) is 20.5. The topological polar surface area (TPSA) is 77.9 Å². The summed E-state index contributed by atoms with van der Waals surface area (Å²) in [5.41, 5.74) is 3.59. The van der Waals surface area contributed by atoms with Crippen molar-refractivity contribution in [3.05, 3.63) is 101 Å². The minimum Gasteiger partial charge on any atom is -0.484 e. The van der Waals surface area contributed by atoms with Crippen molar-refractivity contribution >= 4 is 28.4 Å². The van der Waals surface area contributed by atoms with Crippen LogP contribution in [0.15, 0.2) is 79.0 Å². The minimum atomic E-state index is -0.235. The van der Waals surface area contributed by atoms with E-state index in [9.17, 15) is 4.79 Å². The molecule has 4 aromatic rings. The number of ether oxygens (including phenoxy) is 1. The molecular formula is C25H20ClN3O2. The van der Waals surface area contributed by atoms with Crippen molar-refractivity contribution < 1.29 is 9.53 Å². The van der Waals surface area contributed by atoms with Crippen molar-refractivity contribution in [3.8, 4) is 11.8 Å². The zero-order valence-corrected chi connectivity index (χ0v) is 17.4. The minimum absolute atomic E-state index is 0.116. The molecule has 0 saturated carbocycles. The number of carbonyl (C=O) groups is 1. The zero-order valence-electron chi connectivity index (χ0n) is 16.6. The van der Waals surface area contributed by atoms with Crippen molar-refractivity contribution in [2.24, 2.45) is 0 Å². The summed E-state index contributed by atoms with van der Waals surface area (Å²) in [7, 11) is 0. The van der Waals surface area contributed by atoms with Gasteiger partial charge in [-0.1, -0.05) is 48.0 Å². The Bertz CT molecular complexity index is 1240. The van der Waals surface area contributed by atoms with E-state index in [-0.39, 0.29) is 18.4 Å². The van der Waals surface area contributed by atoms with Gasteiger partial charge in [-0.2, -0.15) is 5.26 Å². The molecule has 4 rings (SSSR count). The van der Waals surface area contributed by atoms with Gasteiger partial charge in [0.2, 0.25) is 0 Å². The monoisotopic (exact) mass is 429 g/mol. The molecule has 1 heterocycles. The van der Waals surface area contributed by atoms with E-state index in [0.717, 1.165) is 22.0 Å². The molecule has 5 nitrogen and oxygen atoms in total. The van der Waals surface area contributed by atoms with Crippen molar-refractivity contribution in [3.63, 3.8) is 0 Å². The molecule has 0 radical (unpaired) electrons. The number of hydrogen-bond acceptors (Lipinski definition) is 3. The standard InChI is InChI=1S/C25H20ClN3O2/c26-23-7-3-1-5-19(23)21(22-14-28-24-8-4-2-6-20(22)24)15-29-25(30)16-31-18-11-9-17(13-27)10-12-18/h1-12,14,21,28H,15-16H2,(H,29,30). The maximum Gasteiger partial charge on any atom is 0.257 e. The van der Waals surface area contributed by atoms with Gasteiger partial charge in [0.1, 0.15) is 5.75 Å². The van der Waals surface area contributed by atoms with Crippen LogP contribution in [0.5, 0.6) is 5.75 Å². The van der Waals surface area contributed by atoms with E-state index in [2.05, 4.69) is 16.4 Å². The first-order valence-corrected chi connectivity index (χ1v) is 10.2. The van der Waals surface area contributed by atoms with Crippen LogP contribution < -0.4 is 10.1 Å². The summed E-state index contributed by atoms with van der Waals surface area (Å²) in [5, 5.41) is 13.6. The SMILES string of the molecule is N#Cc1ccc(OCC(=O)NCC(c2ccccc2Cl)c2c[nH]c3ccccc23)cc1. The molecule has 0 aliphatic heterocycles. The molecule has 31 heavy (non-hydrogen) atoms. The van der Waals surface area contributed by atoms with E-state index in [1.807, 2.05) is 54.7 Å². The molecular weight excluding hydrogens is 410 g/mol. The lowest BCUT2D eigenvalue weighted by atomic mass is 9.91. The number of nitrogens with one attached hydrogen (secondary N) is 2. The Hall–Kier alpha value is -3.75. The predicted molar refractivity (Wildman–Crippen MR) is 121 cm³/mol. The van der Waals surface area contributed by atoms with Crippen LogP contribution in [0.3, 0.4) is 0 Å². The molecule has 1 amide bonds. The summed E-state index contributed by atoms with van der Waals surface area (Å²) in [6, 6.07) is 24.4. The second-order valence-electron chi connectivity index (χ2n) is 7.09. The number of benzene rings is 3. The van der Waals surface area contributed by atoms with Gasteiger partial charge in [0.05, 0.1) is 11.6 Å². The Morgan fingerprint density at radius 3 is 2.55 bits per heavy atom. The summed E-state index contributed by atoms with van der Waals surface area (Å²) in [6.07, 6.45) is 1.97. The number of aromatic nitrogens is 1. The summed E-state index contributed by atoms with van der Waals surface area (Å²) in [5.74, 6) is 0.179. The Balaban J connectivity index is 1.49. The smallest absolute Gasteiger partial charge is 0.257 e. The maximum absolute atomic E-state index is 12.5. The Kier molecular flexibility index (Phi) is 6.21. The highest BCUT2D eigenvalue weighted by atomic mass is 35.5. The van der Waals surface area contributed by atoms with Gasteiger partial charge >= 0.3 is 0 Å². The average molecular weight is 430 g/mol.